The van der Waals surface area contributed by atoms with Crippen molar-refractivity contribution in [3.05, 3.63) is 0 Å². The summed E-state index contributed by atoms with van der Waals surface area (Å²) in [7, 11) is 1.28. The molecule has 1 amide bonds. The van der Waals surface area contributed by atoms with Gasteiger partial charge in [-0.05, 0) is 39.5 Å². The molecular formula is C14H21NO5. The average Bonchev–Trinajstić information content (AvgIpc) is 2.70. The molecule has 1 aliphatic carbocycles. The molecule has 3 atom stereocenters. The van der Waals surface area contributed by atoms with Crippen molar-refractivity contribution in [1.82, 2.24) is 4.90 Å². The van der Waals surface area contributed by atoms with Crippen molar-refractivity contribution in [2.45, 2.75) is 45.3 Å². The van der Waals surface area contributed by atoms with Gasteiger partial charge < -0.3 is 9.47 Å². The van der Waals surface area contributed by atoms with Gasteiger partial charge in [0.15, 0.2) is 5.78 Å². The Balaban J connectivity index is 2.12. The van der Waals surface area contributed by atoms with Crippen molar-refractivity contribution in [1.29, 1.82) is 0 Å². The van der Waals surface area contributed by atoms with E-state index in [2.05, 4.69) is 4.74 Å². The number of ketones is 1. The van der Waals surface area contributed by atoms with Crippen LogP contribution in [0.5, 0.6) is 0 Å². The number of fused-ring (bicyclic) bond motifs is 2. The first kappa shape index (κ1) is 14.8. The second kappa shape index (κ2) is 5.07. The van der Waals surface area contributed by atoms with Crippen LogP contribution in [0.1, 0.15) is 33.6 Å². The smallest absolute Gasteiger partial charge is 0.410 e. The highest BCUT2D eigenvalue weighted by molar-refractivity contribution is 6.03. The SMILES string of the molecule is COC(=O)C1C[C@@H]2C[C@H](C1=O)N(C(=O)OC(C)(C)C)C2. The van der Waals surface area contributed by atoms with Gasteiger partial charge in [0.2, 0.25) is 0 Å². The molecule has 1 unspecified atom stereocenters. The van der Waals surface area contributed by atoms with Crippen LogP contribution >= 0.6 is 0 Å². The third kappa shape index (κ3) is 2.78. The third-order valence-corrected chi connectivity index (χ3v) is 3.74. The van der Waals surface area contributed by atoms with Gasteiger partial charge >= 0.3 is 12.1 Å². The number of Topliss-reactive ketones (excluding diaryl/α,β-unsaturated/α-hetero) is 1. The Hall–Kier alpha value is -1.59. The fraction of sp³-hybridized carbons (Fsp3) is 0.786. The summed E-state index contributed by atoms with van der Waals surface area (Å²) >= 11 is 0. The molecule has 0 N–H and O–H groups in total. The second-order valence-electron chi connectivity index (χ2n) is 6.46. The predicted molar refractivity (Wildman–Crippen MR) is 70.0 cm³/mol. The van der Waals surface area contributed by atoms with Crippen LogP contribution in [0.4, 0.5) is 4.79 Å². The van der Waals surface area contributed by atoms with E-state index in [1.807, 2.05) is 0 Å². The molecular weight excluding hydrogens is 262 g/mol. The molecule has 2 rings (SSSR count). The summed E-state index contributed by atoms with van der Waals surface area (Å²) in [6, 6.07) is -0.548. The lowest BCUT2D eigenvalue weighted by molar-refractivity contribution is -0.152. The highest BCUT2D eigenvalue weighted by Gasteiger charge is 2.50. The first-order chi connectivity index (χ1) is 9.23. The van der Waals surface area contributed by atoms with Gasteiger partial charge in [-0.2, -0.15) is 0 Å². The number of methoxy groups -OCH3 is 1. The van der Waals surface area contributed by atoms with Crippen molar-refractivity contribution < 1.29 is 23.9 Å². The number of hydrogen-bond donors (Lipinski definition) is 0. The maximum atomic E-state index is 12.3. The van der Waals surface area contributed by atoms with Crippen LogP contribution < -0.4 is 0 Å². The summed E-state index contributed by atoms with van der Waals surface area (Å²) in [5.74, 6) is -1.31. The van der Waals surface area contributed by atoms with Gasteiger partial charge in [-0.3, -0.25) is 14.5 Å². The molecule has 1 heterocycles. The number of carbonyl (C=O) groups excluding carboxylic acids is 3. The number of esters is 1. The summed E-state index contributed by atoms with van der Waals surface area (Å²) < 4.78 is 9.99. The number of amides is 1. The van der Waals surface area contributed by atoms with E-state index in [0.717, 1.165) is 0 Å². The summed E-state index contributed by atoms with van der Waals surface area (Å²) in [5, 5.41) is 0. The zero-order chi connectivity index (χ0) is 15.1. The van der Waals surface area contributed by atoms with Crippen LogP contribution in [0.15, 0.2) is 0 Å². The lowest BCUT2D eigenvalue weighted by atomic mass is 9.81. The molecule has 6 heteroatoms. The number of ether oxygens (including phenoxy) is 2. The molecule has 20 heavy (non-hydrogen) atoms. The minimum atomic E-state index is -0.740. The number of rotatable bonds is 1. The number of hydrogen-bond acceptors (Lipinski definition) is 5. The van der Waals surface area contributed by atoms with E-state index in [4.69, 9.17) is 4.74 Å². The van der Waals surface area contributed by atoms with Crippen LogP contribution in [-0.4, -0.2) is 48.0 Å². The highest BCUT2D eigenvalue weighted by atomic mass is 16.6. The van der Waals surface area contributed by atoms with Gasteiger partial charge in [-0.1, -0.05) is 0 Å². The van der Waals surface area contributed by atoms with E-state index in [9.17, 15) is 14.4 Å². The summed E-state index contributed by atoms with van der Waals surface area (Å²) in [4.78, 5) is 37.5. The molecule has 2 fully saturated rings. The molecule has 0 aromatic carbocycles. The second-order valence-corrected chi connectivity index (χ2v) is 6.46. The molecule has 2 bridgehead atoms. The quantitative estimate of drug-likeness (QED) is 0.537. The average molecular weight is 283 g/mol. The van der Waals surface area contributed by atoms with E-state index in [0.29, 0.717) is 19.4 Å². The first-order valence-electron chi connectivity index (χ1n) is 6.84. The monoisotopic (exact) mass is 283 g/mol. The lowest BCUT2D eigenvalue weighted by Crippen LogP contribution is -2.46. The van der Waals surface area contributed by atoms with Crippen LogP contribution in [0.25, 0.3) is 0 Å². The fourth-order valence-electron chi connectivity index (χ4n) is 2.92. The van der Waals surface area contributed by atoms with Crippen molar-refractivity contribution >= 4 is 17.8 Å². The number of carbonyl (C=O) groups is 3. The van der Waals surface area contributed by atoms with Gasteiger partial charge in [0.05, 0.1) is 13.2 Å². The Morgan fingerprint density at radius 2 is 1.90 bits per heavy atom. The molecule has 1 aliphatic heterocycles. The number of nitrogens with zero attached hydrogens (tertiary/aromatic N) is 1. The van der Waals surface area contributed by atoms with Crippen LogP contribution in [-0.2, 0) is 19.1 Å². The lowest BCUT2D eigenvalue weighted by Gasteiger charge is -2.29. The van der Waals surface area contributed by atoms with Crippen LogP contribution in [0.2, 0.25) is 0 Å². The Kier molecular flexibility index (Phi) is 3.75. The molecule has 0 radical (unpaired) electrons. The van der Waals surface area contributed by atoms with E-state index in [-0.39, 0.29) is 11.7 Å². The van der Waals surface area contributed by atoms with E-state index in [1.165, 1.54) is 12.0 Å². The molecule has 2 aliphatic rings. The highest BCUT2D eigenvalue weighted by Crippen LogP contribution is 2.37. The van der Waals surface area contributed by atoms with Gasteiger partial charge in [0.25, 0.3) is 0 Å². The number of likely N-dealkylation sites (tertiary alicyclic amines) is 1. The molecule has 6 nitrogen and oxygen atoms in total. The van der Waals surface area contributed by atoms with Crippen molar-refractivity contribution in [3.63, 3.8) is 0 Å². The fourth-order valence-corrected chi connectivity index (χ4v) is 2.92. The van der Waals surface area contributed by atoms with Gasteiger partial charge in [0.1, 0.15) is 11.5 Å². The van der Waals surface area contributed by atoms with Crippen LogP contribution in [0, 0.1) is 11.8 Å². The third-order valence-electron chi connectivity index (χ3n) is 3.74. The molecule has 112 valence electrons. The Bertz CT molecular complexity index is 439. The molecule has 1 saturated heterocycles. The largest absolute Gasteiger partial charge is 0.468 e. The first-order valence-corrected chi connectivity index (χ1v) is 6.84. The molecule has 0 spiro atoms. The minimum absolute atomic E-state index is 0.161. The summed E-state index contributed by atoms with van der Waals surface area (Å²) in [6.45, 7) is 5.82. The zero-order valence-electron chi connectivity index (χ0n) is 12.3. The molecule has 0 aromatic heterocycles. The molecule has 1 saturated carbocycles. The van der Waals surface area contributed by atoms with Crippen LogP contribution in [0.3, 0.4) is 0 Å². The maximum Gasteiger partial charge on any atom is 0.410 e. The van der Waals surface area contributed by atoms with Crippen molar-refractivity contribution in [2.24, 2.45) is 11.8 Å². The van der Waals surface area contributed by atoms with Gasteiger partial charge in [-0.15, -0.1) is 0 Å². The Morgan fingerprint density at radius 3 is 2.45 bits per heavy atom. The summed E-state index contributed by atoms with van der Waals surface area (Å²) in [6.07, 6.45) is 0.594. The van der Waals surface area contributed by atoms with E-state index >= 15 is 0 Å². The summed E-state index contributed by atoms with van der Waals surface area (Å²) in [5.41, 5.74) is -0.599. The maximum absolute atomic E-state index is 12.3. The predicted octanol–water partition coefficient (Wildman–Crippen LogP) is 1.37. The van der Waals surface area contributed by atoms with Crippen molar-refractivity contribution in [2.75, 3.05) is 13.7 Å². The minimum Gasteiger partial charge on any atom is -0.468 e. The van der Waals surface area contributed by atoms with Gasteiger partial charge in [-0.25, -0.2) is 4.79 Å². The Morgan fingerprint density at radius 1 is 1.25 bits per heavy atom. The van der Waals surface area contributed by atoms with Crippen molar-refractivity contribution in [3.8, 4) is 0 Å². The van der Waals surface area contributed by atoms with Gasteiger partial charge in [0, 0.05) is 6.54 Å². The topological polar surface area (TPSA) is 72.9 Å². The Labute approximate surface area is 118 Å². The normalized spacial score (nSPS) is 29.3. The van der Waals surface area contributed by atoms with E-state index in [1.54, 1.807) is 20.8 Å². The van der Waals surface area contributed by atoms with E-state index < -0.39 is 29.6 Å². The zero-order valence-corrected chi connectivity index (χ0v) is 12.3. The standard InChI is InChI=1S/C14H21NO5/c1-14(2,3)20-13(18)15-7-8-5-9(12(17)19-4)11(16)10(15)6-8/h8-10H,5-7H2,1-4H3/t8-,9?,10-/m1/s1. The molecule has 0 aromatic rings.